The second kappa shape index (κ2) is 5.82. The summed E-state index contributed by atoms with van der Waals surface area (Å²) in [6.07, 6.45) is 0. The third kappa shape index (κ3) is 2.89. The Labute approximate surface area is 136 Å². The average molecular weight is 396 g/mol. The van der Waals surface area contributed by atoms with Gasteiger partial charge < -0.3 is 0 Å². The molecule has 2 rings (SSSR count). The summed E-state index contributed by atoms with van der Waals surface area (Å²) in [7, 11) is 0. The maximum Gasteiger partial charge on any atom is 0.195 e. The largest absolute Gasteiger partial charge is 0.289 e. The number of rotatable bonds is 2. The predicted molar refractivity (Wildman–Crippen MR) is 90.7 cm³/mol. The Morgan fingerprint density at radius 1 is 0.750 bits per heavy atom. The molecular formula is C17H16Br2O. The molecule has 0 N–H and O–H groups in total. The van der Waals surface area contributed by atoms with E-state index >= 15 is 0 Å². The van der Waals surface area contributed by atoms with Crippen molar-refractivity contribution in [2.24, 2.45) is 0 Å². The molecule has 0 fully saturated rings. The molecular weight excluding hydrogens is 380 g/mol. The van der Waals surface area contributed by atoms with Gasteiger partial charge in [0.1, 0.15) is 0 Å². The molecule has 0 atom stereocenters. The maximum atomic E-state index is 12.8. The van der Waals surface area contributed by atoms with Crippen LogP contribution in [0.1, 0.15) is 38.2 Å². The lowest BCUT2D eigenvalue weighted by Gasteiger charge is -2.12. The highest BCUT2D eigenvalue weighted by atomic mass is 79.9. The van der Waals surface area contributed by atoms with Crippen LogP contribution in [0.4, 0.5) is 0 Å². The molecule has 2 aromatic rings. The van der Waals surface area contributed by atoms with E-state index < -0.39 is 0 Å². The van der Waals surface area contributed by atoms with Gasteiger partial charge in [-0.25, -0.2) is 0 Å². The Balaban J connectivity index is 2.64. The molecule has 0 spiro atoms. The van der Waals surface area contributed by atoms with Gasteiger partial charge in [-0.2, -0.15) is 0 Å². The molecule has 104 valence electrons. The number of halogens is 2. The lowest BCUT2D eigenvalue weighted by molar-refractivity contribution is 0.103. The van der Waals surface area contributed by atoms with Gasteiger partial charge in [-0.15, -0.1) is 0 Å². The van der Waals surface area contributed by atoms with Gasteiger partial charge in [-0.3, -0.25) is 4.79 Å². The Morgan fingerprint density at radius 3 is 1.45 bits per heavy atom. The van der Waals surface area contributed by atoms with Crippen LogP contribution >= 0.6 is 31.9 Å². The molecule has 3 heteroatoms. The zero-order chi connectivity index (χ0) is 15.0. The van der Waals surface area contributed by atoms with Gasteiger partial charge >= 0.3 is 0 Å². The minimum atomic E-state index is 0.0438. The summed E-state index contributed by atoms with van der Waals surface area (Å²) in [5.41, 5.74) is 5.77. The van der Waals surface area contributed by atoms with Crippen molar-refractivity contribution in [3.8, 4) is 0 Å². The molecule has 0 saturated heterocycles. The van der Waals surface area contributed by atoms with Gasteiger partial charge in [0.2, 0.25) is 0 Å². The number of hydrogen-bond donors (Lipinski definition) is 0. The molecule has 1 nitrogen and oxygen atoms in total. The molecule has 0 unspecified atom stereocenters. The van der Waals surface area contributed by atoms with Crippen LogP contribution in [-0.4, -0.2) is 5.78 Å². The van der Waals surface area contributed by atoms with Gasteiger partial charge in [0.15, 0.2) is 5.78 Å². The summed E-state index contributed by atoms with van der Waals surface area (Å²) < 4.78 is 1.75. The van der Waals surface area contributed by atoms with E-state index in [2.05, 4.69) is 44.0 Å². The van der Waals surface area contributed by atoms with Gasteiger partial charge in [0.05, 0.1) is 0 Å². The number of carbonyl (C=O) groups is 1. The molecule has 2 aromatic carbocycles. The number of carbonyl (C=O) groups excluding carboxylic acids is 1. The maximum absolute atomic E-state index is 12.8. The summed E-state index contributed by atoms with van der Waals surface area (Å²) in [4.78, 5) is 12.8. The first-order valence-electron chi connectivity index (χ1n) is 6.39. The van der Waals surface area contributed by atoms with E-state index in [1.165, 1.54) is 0 Å². The summed E-state index contributed by atoms with van der Waals surface area (Å²) in [5.74, 6) is 0.0438. The quantitative estimate of drug-likeness (QED) is 0.598. The van der Waals surface area contributed by atoms with Crippen LogP contribution in [-0.2, 0) is 0 Å². The van der Waals surface area contributed by atoms with E-state index in [1.54, 1.807) is 0 Å². The fraction of sp³-hybridized carbons (Fsp3) is 0.235. The Bertz CT molecular complexity index is 643. The van der Waals surface area contributed by atoms with Gasteiger partial charge in [-0.05, 0) is 82.8 Å². The van der Waals surface area contributed by atoms with Crippen LogP contribution in [0.5, 0.6) is 0 Å². The molecule has 0 saturated carbocycles. The molecule has 0 aromatic heterocycles. The standard InChI is InChI=1S/C17H16Br2O/c1-9-5-11(3)15(18)13(7-9)17(20)14-8-10(2)6-12(4)16(14)19/h5-8H,1-4H3. The summed E-state index contributed by atoms with van der Waals surface area (Å²) in [6.45, 7) is 8.02. The Kier molecular flexibility index (Phi) is 4.50. The first kappa shape index (κ1) is 15.5. The lowest BCUT2D eigenvalue weighted by atomic mass is 9.97. The average Bonchev–Trinajstić information content (AvgIpc) is 2.37. The zero-order valence-corrected chi connectivity index (χ0v) is 15.1. The van der Waals surface area contributed by atoms with Gasteiger partial charge in [-0.1, -0.05) is 23.3 Å². The number of aryl methyl sites for hydroxylation is 4. The van der Waals surface area contributed by atoms with Crippen molar-refractivity contribution in [1.82, 2.24) is 0 Å². The molecule has 0 aliphatic rings. The monoisotopic (exact) mass is 394 g/mol. The fourth-order valence-electron chi connectivity index (χ4n) is 2.38. The van der Waals surface area contributed by atoms with E-state index in [4.69, 9.17) is 0 Å². The second-order valence-electron chi connectivity index (χ2n) is 5.22. The number of hydrogen-bond acceptors (Lipinski definition) is 1. The highest BCUT2D eigenvalue weighted by Gasteiger charge is 2.18. The third-order valence-corrected chi connectivity index (χ3v) is 5.39. The molecule has 0 heterocycles. The Morgan fingerprint density at radius 2 is 1.10 bits per heavy atom. The second-order valence-corrected chi connectivity index (χ2v) is 6.80. The molecule has 0 aliphatic heterocycles. The number of ketones is 1. The van der Waals surface area contributed by atoms with E-state index in [0.29, 0.717) is 11.1 Å². The minimum absolute atomic E-state index is 0.0438. The summed E-state index contributed by atoms with van der Waals surface area (Å²) in [6, 6.07) is 8.00. The normalized spacial score (nSPS) is 10.7. The summed E-state index contributed by atoms with van der Waals surface area (Å²) in [5, 5.41) is 0. The SMILES string of the molecule is Cc1cc(C)c(Br)c(C(=O)c2cc(C)cc(C)c2Br)c1. The van der Waals surface area contributed by atoms with Crippen molar-refractivity contribution in [3.63, 3.8) is 0 Å². The summed E-state index contributed by atoms with van der Waals surface area (Å²) >= 11 is 7.08. The molecule has 20 heavy (non-hydrogen) atoms. The van der Waals surface area contributed by atoms with E-state index in [-0.39, 0.29) is 5.78 Å². The van der Waals surface area contributed by atoms with Crippen LogP contribution in [0.25, 0.3) is 0 Å². The first-order chi connectivity index (χ1) is 9.31. The molecule has 0 bridgehead atoms. The van der Waals surface area contributed by atoms with Gasteiger partial charge in [0.25, 0.3) is 0 Å². The van der Waals surface area contributed by atoms with Crippen LogP contribution in [0.3, 0.4) is 0 Å². The highest BCUT2D eigenvalue weighted by molar-refractivity contribution is 9.11. The van der Waals surface area contributed by atoms with Crippen LogP contribution in [0, 0.1) is 27.7 Å². The van der Waals surface area contributed by atoms with E-state index in [0.717, 1.165) is 31.2 Å². The molecule has 0 amide bonds. The highest BCUT2D eigenvalue weighted by Crippen LogP contribution is 2.30. The zero-order valence-electron chi connectivity index (χ0n) is 12.0. The van der Waals surface area contributed by atoms with E-state index in [9.17, 15) is 4.79 Å². The third-order valence-electron chi connectivity index (χ3n) is 3.29. The first-order valence-corrected chi connectivity index (χ1v) is 7.98. The smallest absolute Gasteiger partial charge is 0.195 e. The van der Waals surface area contributed by atoms with Crippen LogP contribution in [0.15, 0.2) is 33.2 Å². The van der Waals surface area contributed by atoms with Crippen molar-refractivity contribution < 1.29 is 4.79 Å². The van der Waals surface area contributed by atoms with E-state index in [1.807, 2.05) is 39.8 Å². The van der Waals surface area contributed by atoms with Crippen molar-refractivity contribution in [3.05, 3.63) is 66.6 Å². The predicted octanol–water partition coefficient (Wildman–Crippen LogP) is 5.68. The van der Waals surface area contributed by atoms with Crippen molar-refractivity contribution >= 4 is 37.6 Å². The molecule has 0 aliphatic carbocycles. The molecule has 0 radical (unpaired) electrons. The Hall–Kier alpha value is -0.930. The van der Waals surface area contributed by atoms with Crippen molar-refractivity contribution in [1.29, 1.82) is 0 Å². The van der Waals surface area contributed by atoms with Crippen molar-refractivity contribution in [2.45, 2.75) is 27.7 Å². The fourth-order valence-corrected chi connectivity index (χ4v) is 3.19. The number of benzene rings is 2. The minimum Gasteiger partial charge on any atom is -0.289 e. The van der Waals surface area contributed by atoms with Gasteiger partial charge in [0, 0.05) is 20.1 Å². The lowest BCUT2D eigenvalue weighted by Crippen LogP contribution is -2.06. The van der Waals surface area contributed by atoms with Crippen molar-refractivity contribution in [2.75, 3.05) is 0 Å². The van der Waals surface area contributed by atoms with Crippen LogP contribution < -0.4 is 0 Å². The van der Waals surface area contributed by atoms with Crippen LogP contribution in [0.2, 0.25) is 0 Å². The topological polar surface area (TPSA) is 17.1 Å².